The highest BCUT2D eigenvalue weighted by Gasteiger charge is 2.16. The van der Waals surface area contributed by atoms with Gasteiger partial charge in [-0.1, -0.05) is 0 Å². The Bertz CT molecular complexity index is 341. The van der Waals surface area contributed by atoms with Crippen molar-refractivity contribution in [3.8, 4) is 0 Å². The van der Waals surface area contributed by atoms with Gasteiger partial charge >= 0.3 is 6.09 Å². The van der Waals surface area contributed by atoms with Crippen LogP contribution in [0, 0.1) is 0 Å². The van der Waals surface area contributed by atoms with Crippen molar-refractivity contribution in [2.24, 2.45) is 5.73 Å². The molecule has 0 spiro atoms. The van der Waals surface area contributed by atoms with E-state index in [0.717, 1.165) is 5.56 Å². The summed E-state index contributed by atoms with van der Waals surface area (Å²) in [6, 6.07) is 1.70. The summed E-state index contributed by atoms with van der Waals surface area (Å²) in [6.07, 6.45) is 3.46. The lowest BCUT2D eigenvalue weighted by Gasteiger charge is -2.20. The number of carbonyl (C=O) groups excluding carboxylic acids is 1. The van der Waals surface area contributed by atoms with Gasteiger partial charge in [0.25, 0.3) is 0 Å². The van der Waals surface area contributed by atoms with Gasteiger partial charge in [0.1, 0.15) is 5.60 Å². The van der Waals surface area contributed by atoms with Crippen LogP contribution < -0.4 is 11.1 Å². The Hall–Kier alpha value is -1.49. The van der Waals surface area contributed by atoms with Crippen LogP contribution in [0.5, 0.6) is 0 Å². The quantitative estimate of drug-likeness (QED) is 0.839. The van der Waals surface area contributed by atoms with Crippen LogP contribution in [0.2, 0.25) is 0 Å². The Morgan fingerprint density at radius 3 is 2.82 bits per heavy atom. The number of amides is 1. The lowest BCUT2D eigenvalue weighted by molar-refractivity contribution is 0.0524. The average Bonchev–Trinajstić information content (AvgIpc) is 2.64. The van der Waals surface area contributed by atoms with Crippen LogP contribution >= 0.6 is 0 Å². The fourth-order valence-corrected chi connectivity index (χ4v) is 1.31. The summed E-state index contributed by atoms with van der Waals surface area (Å²) in [5.74, 6) is 0. The zero-order valence-corrected chi connectivity index (χ0v) is 10.5. The molecular formula is C12H20N2O3. The molecule has 0 aliphatic heterocycles. The molecule has 0 aromatic carbocycles. The predicted molar refractivity (Wildman–Crippen MR) is 64.6 cm³/mol. The maximum atomic E-state index is 11.4. The molecule has 17 heavy (non-hydrogen) atoms. The third-order valence-electron chi connectivity index (χ3n) is 1.99. The number of alkyl carbamates (subject to hydrolysis) is 1. The maximum Gasteiger partial charge on any atom is 0.407 e. The number of nitrogens with one attached hydrogen (secondary N) is 1. The molecule has 0 radical (unpaired) electrons. The van der Waals surface area contributed by atoms with Crippen LogP contribution in [0.15, 0.2) is 23.0 Å². The molecule has 1 amide bonds. The smallest absolute Gasteiger partial charge is 0.407 e. The Morgan fingerprint density at radius 1 is 1.59 bits per heavy atom. The van der Waals surface area contributed by atoms with Crippen molar-refractivity contribution >= 4 is 6.09 Å². The largest absolute Gasteiger partial charge is 0.472 e. The number of hydrogen-bond acceptors (Lipinski definition) is 4. The minimum Gasteiger partial charge on any atom is -0.472 e. The van der Waals surface area contributed by atoms with Crippen molar-refractivity contribution in [2.75, 3.05) is 6.54 Å². The monoisotopic (exact) mass is 240 g/mol. The van der Waals surface area contributed by atoms with E-state index in [2.05, 4.69) is 5.32 Å². The van der Waals surface area contributed by atoms with Gasteiger partial charge in [-0.15, -0.1) is 0 Å². The van der Waals surface area contributed by atoms with E-state index in [9.17, 15) is 4.79 Å². The van der Waals surface area contributed by atoms with Gasteiger partial charge in [-0.05, 0) is 38.8 Å². The van der Waals surface area contributed by atoms with Gasteiger partial charge in [-0.2, -0.15) is 0 Å². The first-order valence-corrected chi connectivity index (χ1v) is 5.60. The highest BCUT2D eigenvalue weighted by Crippen LogP contribution is 2.06. The molecule has 0 saturated heterocycles. The number of nitrogens with two attached hydrogens (primary N) is 1. The maximum absolute atomic E-state index is 11.4. The van der Waals surface area contributed by atoms with Gasteiger partial charge in [-0.25, -0.2) is 4.79 Å². The van der Waals surface area contributed by atoms with Crippen molar-refractivity contribution in [1.82, 2.24) is 5.32 Å². The molecule has 0 saturated carbocycles. The standard InChI is InChI=1S/C12H20N2O3/c1-12(2,3)17-11(15)14-7-10(13)6-9-4-5-16-8-9/h4-5,8,10H,6-7,13H2,1-3H3,(H,14,15). The van der Waals surface area contributed by atoms with E-state index in [-0.39, 0.29) is 6.04 Å². The average molecular weight is 240 g/mol. The van der Waals surface area contributed by atoms with Crippen molar-refractivity contribution in [2.45, 2.75) is 38.8 Å². The Labute approximate surface area is 101 Å². The van der Waals surface area contributed by atoms with Gasteiger partial charge in [-0.3, -0.25) is 0 Å². The van der Waals surface area contributed by atoms with Crippen molar-refractivity contribution in [3.63, 3.8) is 0 Å². The first kappa shape index (κ1) is 13.6. The molecule has 0 bridgehead atoms. The molecule has 0 aliphatic rings. The molecule has 1 rings (SSSR count). The Morgan fingerprint density at radius 2 is 2.29 bits per heavy atom. The van der Waals surface area contributed by atoms with Gasteiger partial charge in [0.15, 0.2) is 0 Å². The minimum absolute atomic E-state index is 0.153. The number of ether oxygens (including phenoxy) is 1. The second-order valence-corrected chi connectivity index (χ2v) is 4.98. The molecule has 1 aromatic heterocycles. The molecule has 0 fully saturated rings. The number of carbonyl (C=O) groups is 1. The number of rotatable bonds is 4. The molecule has 5 heteroatoms. The van der Waals surface area contributed by atoms with Crippen LogP contribution in [0.3, 0.4) is 0 Å². The fraction of sp³-hybridized carbons (Fsp3) is 0.583. The van der Waals surface area contributed by atoms with E-state index >= 15 is 0 Å². The molecule has 1 unspecified atom stereocenters. The summed E-state index contributed by atoms with van der Waals surface area (Å²) in [5.41, 5.74) is 6.39. The highest BCUT2D eigenvalue weighted by atomic mass is 16.6. The van der Waals surface area contributed by atoms with Gasteiger partial charge < -0.3 is 20.2 Å². The Kier molecular flexibility index (Phi) is 4.57. The van der Waals surface area contributed by atoms with Gasteiger partial charge in [0, 0.05) is 12.6 Å². The molecule has 0 aliphatic carbocycles. The van der Waals surface area contributed by atoms with Crippen molar-refractivity contribution in [1.29, 1.82) is 0 Å². The van der Waals surface area contributed by atoms with Gasteiger partial charge in [0.05, 0.1) is 12.5 Å². The summed E-state index contributed by atoms with van der Waals surface area (Å²) >= 11 is 0. The number of hydrogen-bond donors (Lipinski definition) is 2. The Balaban J connectivity index is 2.24. The van der Waals surface area contributed by atoms with E-state index in [1.165, 1.54) is 0 Å². The topological polar surface area (TPSA) is 77.5 Å². The van der Waals surface area contributed by atoms with Crippen molar-refractivity contribution < 1.29 is 13.9 Å². The normalized spacial score (nSPS) is 13.2. The van der Waals surface area contributed by atoms with Crippen LogP contribution in [-0.2, 0) is 11.2 Å². The third kappa shape index (κ3) is 5.97. The van der Waals surface area contributed by atoms with E-state index in [1.54, 1.807) is 12.5 Å². The van der Waals surface area contributed by atoms with Gasteiger partial charge in [0.2, 0.25) is 0 Å². The third-order valence-corrected chi connectivity index (χ3v) is 1.99. The van der Waals surface area contributed by atoms with E-state index in [4.69, 9.17) is 14.9 Å². The molecule has 5 nitrogen and oxygen atoms in total. The summed E-state index contributed by atoms with van der Waals surface area (Å²) < 4.78 is 10.0. The predicted octanol–water partition coefficient (Wildman–Crippen LogP) is 1.67. The zero-order chi connectivity index (χ0) is 12.9. The van der Waals surface area contributed by atoms with Crippen molar-refractivity contribution in [3.05, 3.63) is 24.2 Å². The summed E-state index contributed by atoms with van der Waals surface area (Å²) in [4.78, 5) is 11.4. The highest BCUT2D eigenvalue weighted by molar-refractivity contribution is 5.67. The number of furan rings is 1. The molecule has 1 atom stereocenters. The summed E-state index contributed by atoms with van der Waals surface area (Å²) in [7, 11) is 0. The molecule has 1 heterocycles. The summed E-state index contributed by atoms with van der Waals surface area (Å²) in [6.45, 7) is 5.83. The molecule has 1 aromatic rings. The minimum atomic E-state index is -0.487. The molecule has 3 N–H and O–H groups in total. The first-order chi connectivity index (χ1) is 7.87. The lowest BCUT2D eigenvalue weighted by atomic mass is 10.1. The van der Waals surface area contributed by atoms with Crippen LogP contribution in [0.25, 0.3) is 0 Å². The lowest BCUT2D eigenvalue weighted by Crippen LogP contribution is -2.41. The SMILES string of the molecule is CC(C)(C)OC(=O)NCC(N)Cc1ccoc1. The van der Waals surface area contributed by atoms with Crippen LogP contribution in [0.1, 0.15) is 26.3 Å². The molecule has 96 valence electrons. The zero-order valence-electron chi connectivity index (χ0n) is 10.5. The first-order valence-electron chi connectivity index (χ1n) is 5.60. The summed E-state index contributed by atoms with van der Waals surface area (Å²) in [5, 5.41) is 2.63. The van der Waals surface area contributed by atoms with E-state index in [1.807, 2.05) is 26.8 Å². The second-order valence-electron chi connectivity index (χ2n) is 4.98. The molecular weight excluding hydrogens is 220 g/mol. The van der Waals surface area contributed by atoms with Crippen LogP contribution in [0.4, 0.5) is 4.79 Å². The second kappa shape index (κ2) is 5.72. The van der Waals surface area contributed by atoms with E-state index < -0.39 is 11.7 Å². The van der Waals surface area contributed by atoms with Crippen LogP contribution in [-0.4, -0.2) is 24.3 Å². The fourth-order valence-electron chi connectivity index (χ4n) is 1.31. The van der Waals surface area contributed by atoms with E-state index in [0.29, 0.717) is 13.0 Å².